The van der Waals surface area contributed by atoms with Crippen LogP contribution in [0.3, 0.4) is 0 Å². The van der Waals surface area contributed by atoms with E-state index in [4.69, 9.17) is 0 Å². The fourth-order valence-electron chi connectivity index (χ4n) is 2.51. The van der Waals surface area contributed by atoms with Gasteiger partial charge in [0.05, 0.1) is 0 Å². The summed E-state index contributed by atoms with van der Waals surface area (Å²) < 4.78 is 0.921. The molecule has 0 bridgehead atoms. The van der Waals surface area contributed by atoms with Crippen LogP contribution in [0.2, 0.25) is 0 Å². The summed E-state index contributed by atoms with van der Waals surface area (Å²) in [7, 11) is 0. The molecule has 1 saturated carbocycles. The Balaban J connectivity index is 1.93. The largest absolute Gasteiger partial charge is 0.342 e. The van der Waals surface area contributed by atoms with Gasteiger partial charge in [-0.3, -0.25) is 9.59 Å². The highest BCUT2D eigenvalue weighted by atomic mass is 79.9. The van der Waals surface area contributed by atoms with Crippen molar-refractivity contribution < 1.29 is 9.59 Å². The summed E-state index contributed by atoms with van der Waals surface area (Å²) in [5.74, 6) is 0.265. The van der Waals surface area contributed by atoms with E-state index in [1.807, 2.05) is 25.1 Å². The third-order valence-electron chi connectivity index (χ3n) is 3.58. The first kappa shape index (κ1) is 12.7. The number of amides is 2. The lowest BCUT2D eigenvalue weighted by Crippen LogP contribution is -2.59. The predicted octanol–water partition coefficient (Wildman–Crippen LogP) is 2.00. The number of carbonyl (C=O) groups is 2. The van der Waals surface area contributed by atoms with Gasteiger partial charge < -0.3 is 10.2 Å². The quantitative estimate of drug-likeness (QED) is 0.905. The lowest BCUT2D eigenvalue weighted by Gasteiger charge is -2.33. The third-order valence-corrected chi connectivity index (χ3v) is 4.04. The number of nitrogens with zero attached hydrogens (tertiary/aromatic N) is 1. The van der Waals surface area contributed by atoms with Crippen molar-refractivity contribution in [2.45, 2.75) is 25.8 Å². The summed E-state index contributed by atoms with van der Waals surface area (Å²) in [6.07, 6.45) is 2.06. The summed E-state index contributed by atoms with van der Waals surface area (Å²) in [6.45, 7) is 2.08. The zero-order chi connectivity index (χ0) is 13.6. The molecule has 19 heavy (non-hydrogen) atoms. The van der Waals surface area contributed by atoms with Gasteiger partial charge in [-0.15, -0.1) is 0 Å². The Hall–Kier alpha value is -1.36. The molecule has 5 heteroatoms. The normalized spacial score (nSPS) is 23.5. The maximum absolute atomic E-state index is 12.5. The Labute approximate surface area is 120 Å². The first-order chi connectivity index (χ1) is 9.04. The number of aryl methyl sites for hydroxylation is 1. The van der Waals surface area contributed by atoms with Crippen LogP contribution < -0.4 is 10.2 Å². The van der Waals surface area contributed by atoms with Crippen molar-refractivity contribution in [1.82, 2.24) is 5.32 Å². The summed E-state index contributed by atoms with van der Waals surface area (Å²) in [4.78, 5) is 25.9. The van der Waals surface area contributed by atoms with E-state index >= 15 is 0 Å². The number of hydrogen-bond donors (Lipinski definition) is 1. The molecule has 1 aliphatic carbocycles. The monoisotopic (exact) mass is 322 g/mol. The Bertz CT molecular complexity index is 534. The van der Waals surface area contributed by atoms with E-state index in [-0.39, 0.29) is 24.4 Å². The second kappa shape index (κ2) is 4.63. The Kier molecular flexibility index (Phi) is 3.09. The van der Waals surface area contributed by atoms with Crippen LogP contribution in [0, 0.1) is 12.8 Å². The topological polar surface area (TPSA) is 49.4 Å². The van der Waals surface area contributed by atoms with E-state index in [1.165, 1.54) is 0 Å². The molecule has 1 atom stereocenters. The van der Waals surface area contributed by atoms with E-state index in [9.17, 15) is 9.59 Å². The summed E-state index contributed by atoms with van der Waals surface area (Å²) in [5, 5.41) is 2.82. The highest BCUT2D eigenvalue weighted by molar-refractivity contribution is 9.10. The van der Waals surface area contributed by atoms with Crippen molar-refractivity contribution in [3.63, 3.8) is 0 Å². The van der Waals surface area contributed by atoms with Crippen LogP contribution in [0.15, 0.2) is 22.7 Å². The van der Waals surface area contributed by atoms with Crippen LogP contribution in [0.4, 0.5) is 5.69 Å². The number of carbonyl (C=O) groups excluding carboxylic acids is 2. The van der Waals surface area contributed by atoms with Gasteiger partial charge >= 0.3 is 0 Å². The van der Waals surface area contributed by atoms with E-state index < -0.39 is 0 Å². The van der Waals surface area contributed by atoms with Crippen molar-refractivity contribution >= 4 is 33.4 Å². The number of halogens is 1. The van der Waals surface area contributed by atoms with Crippen molar-refractivity contribution in [2.75, 3.05) is 11.4 Å². The minimum absolute atomic E-state index is 0.0135. The molecule has 1 aromatic carbocycles. The second-order valence-electron chi connectivity index (χ2n) is 5.29. The first-order valence-corrected chi connectivity index (χ1v) is 7.22. The van der Waals surface area contributed by atoms with Crippen molar-refractivity contribution in [3.8, 4) is 0 Å². The maximum Gasteiger partial charge on any atom is 0.250 e. The first-order valence-electron chi connectivity index (χ1n) is 6.42. The Morgan fingerprint density at radius 2 is 2.00 bits per heavy atom. The predicted molar refractivity (Wildman–Crippen MR) is 75.9 cm³/mol. The molecule has 1 saturated heterocycles. The van der Waals surface area contributed by atoms with Crippen molar-refractivity contribution in [3.05, 3.63) is 28.2 Å². The van der Waals surface area contributed by atoms with Gasteiger partial charge in [-0.25, -0.2) is 0 Å². The summed E-state index contributed by atoms with van der Waals surface area (Å²) >= 11 is 3.43. The number of anilines is 1. The maximum atomic E-state index is 12.5. The molecule has 1 heterocycles. The van der Waals surface area contributed by atoms with Gasteiger partial charge in [0, 0.05) is 10.2 Å². The molecule has 1 aliphatic heterocycles. The average Bonchev–Trinajstić information content (AvgIpc) is 3.14. The summed E-state index contributed by atoms with van der Waals surface area (Å²) in [5.41, 5.74) is 1.85. The number of piperazine rings is 1. The molecule has 2 fully saturated rings. The molecule has 4 nitrogen and oxygen atoms in total. The molecule has 2 amide bonds. The smallest absolute Gasteiger partial charge is 0.250 e. The Morgan fingerprint density at radius 3 is 2.63 bits per heavy atom. The highest BCUT2D eigenvalue weighted by Gasteiger charge is 2.43. The molecular weight excluding hydrogens is 308 g/mol. The molecule has 1 unspecified atom stereocenters. The van der Waals surface area contributed by atoms with Crippen molar-refractivity contribution in [2.24, 2.45) is 5.92 Å². The summed E-state index contributed by atoms with van der Waals surface area (Å²) in [6, 6.07) is 5.47. The van der Waals surface area contributed by atoms with Gasteiger partial charge in [0.25, 0.3) is 0 Å². The van der Waals surface area contributed by atoms with Gasteiger partial charge in [0.2, 0.25) is 11.8 Å². The average molecular weight is 323 g/mol. The molecular formula is C14H15BrN2O2. The third kappa shape index (κ3) is 2.52. The number of rotatable bonds is 2. The minimum atomic E-state index is -0.333. The fraction of sp³-hybridized carbons (Fsp3) is 0.429. The Morgan fingerprint density at radius 1 is 1.26 bits per heavy atom. The molecule has 1 aromatic rings. The van der Waals surface area contributed by atoms with Gasteiger partial charge in [-0.1, -0.05) is 15.9 Å². The number of benzene rings is 1. The van der Waals surface area contributed by atoms with Gasteiger partial charge in [-0.05, 0) is 49.4 Å². The van der Waals surface area contributed by atoms with E-state index in [0.717, 1.165) is 28.6 Å². The lowest BCUT2D eigenvalue weighted by atomic mass is 10.1. The van der Waals surface area contributed by atoms with Crippen LogP contribution in [-0.4, -0.2) is 24.4 Å². The van der Waals surface area contributed by atoms with Crippen molar-refractivity contribution in [1.29, 1.82) is 0 Å². The molecule has 1 N–H and O–H groups in total. The second-order valence-corrected chi connectivity index (χ2v) is 6.21. The molecule has 100 valence electrons. The molecule has 2 aliphatic rings. The minimum Gasteiger partial charge on any atom is -0.342 e. The van der Waals surface area contributed by atoms with E-state index in [0.29, 0.717) is 5.92 Å². The standard InChI is InChI=1S/C14H15BrN2O2/c1-8-4-10(15)6-11(5-8)17-7-12(18)16-13(14(17)19)9-2-3-9/h4-6,9,13H,2-3,7H2,1H3,(H,16,18). The molecule has 3 rings (SSSR count). The van der Waals surface area contributed by atoms with Crippen LogP contribution in [0.1, 0.15) is 18.4 Å². The van der Waals surface area contributed by atoms with E-state index in [2.05, 4.69) is 21.2 Å². The van der Waals surface area contributed by atoms with Crippen LogP contribution in [-0.2, 0) is 9.59 Å². The van der Waals surface area contributed by atoms with Crippen LogP contribution in [0.5, 0.6) is 0 Å². The number of hydrogen-bond acceptors (Lipinski definition) is 2. The zero-order valence-corrected chi connectivity index (χ0v) is 12.2. The molecule has 0 spiro atoms. The highest BCUT2D eigenvalue weighted by Crippen LogP contribution is 2.35. The molecule has 0 radical (unpaired) electrons. The zero-order valence-electron chi connectivity index (χ0n) is 10.6. The van der Waals surface area contributed by atoms with Gasteiger partial charge in [0.1, 0.15) is 12.6 Å². The van der Waals surface area contributed by atoms with Crippen LogP contribution in [0.25, 0.3) is 0 Å². The lowest BCUT2D eigenvalue weighted by molar-refractivity contribution is -0.131. The van der Waals surface area contributed by atoms with E-state index in [1.54, 1.807) is 4.90 Å². The fourth-order valence-corrected chi connectivity index (χ4v) is 3.11. The van der Waals surface area contributed by atoms with Crippen LogP contribution >= 0.6 is 15.9 Å². The molecule has 0 aromatic heterocycles. The van der Waals surface area contributed by atoms with Gasteiger partial charge in [-0.2, -0.15) is 0 Å². The SMILES string of the molecule is Cc1cc(Br)cc(N2CC(=O)NC(C3CC3)C2=O)c1. The number of nitrogens with one attached hydrogen (secondary N) is 1. The van der Waals surface area contributed by atoms with Gasteiger partial charge in [0.15, 0.2) is 0 Å².